The molecule has 0 saturated carbocycles. The summed E-state index contributed by atoms with van der Waals surface area (Å²) >= 11 is 0.976. The van der Waals surface area contributed by atoms with Crippen molar-refractivity contribution in [1.82, 2.24) is 9.80 Å². The second-order valence-corrected chi connectivity index (χ2v) is 9.37. The number of hydrogen-bond acceptors (Lipinski definition) is 6. The molecule has 35 heavy (non-hydrogen) atoms. The molecule has 178 valence electrons. The number of carbonyl (C=O) groups is 3. The van der Waals surface area contributed by atoms with Crippen LogP contribution in [0.25, 0.3) is 0 Å². The normalized spacial score (nSPS) is 16.6. The van der Waals surface area contributed by atoms with Crippen LogP contribution in [-0.2, 0) is 9.53 Å². The van der Waals surface area contributed by atoms with Crippen LogP contribution < -0.4 is 4.90 Å². The molecule has 0 aromatic heterocycles. The van der Waals surface area contributed by atoms with E-state index in [-0.39, 0.29) is 29.4 Å². The van der Waals surface area contributed by atoms with E-state index < -0.39 is 6.23 Å². The molecule has 5 rings (SSSR count). The number of fused-ring (bicyclic) bond motifs is 1. The molecule has 0 aliphatic carbocycles. The lowest BCUT2D eigenvalue weighted by Gasteiger charge is -2.38. The molecular formula is C27H25N3O4S. The summed E-state index contributed by atoms with van der Waals surface area (Å²) in [6.07, 6.45) is -0.828. The molecule has 1 atom stereocenters. The molecule has 3 amide bonds. The van der Waals surface area contributed by atoms with Crippen LogP contribution in [0, 0.1) is 6.92 Å². The Morgan fingerprint density at radius 1 is 0.943 bits per heavy atom. The van der Waals surface area contributed by atoms with Crippen LogP contribution >= 0.6 is 11.8 Å². The maximum absolute atomic E-state index is 13.4. The van der Waals surface area contributed by atoms with Crippen LogP contribution in [0.1, 0.15) is 27.7 Å². The summed E-state index contributed by atoms with van der Waals surface area (Å²) < 4.78 is 6.12. The molecular weight excluding hydrogens is 462 g/mol. The smallest absolute Gasteiger partial charge is 0.291 e. The maximum Gasteiger partial charge on any atom is 0.291 e. The summed E-state index contributed by atoms with van der Waals surface area (Å²) in [6.45, 7) is 2.81. The fourth-order valence-electron chi connectivity index (χ4n) is 4.34. The molecule has 1 saturated heterocycles. The number of thioether (sulfide) groups is 1. The highest BCUT2D eigenvalue weighted by molar-refractivity contribution is 8.14. The van der Waals surface area contributed by atoms with Gasteiger partial charge in [-0.15, -0.1) is 0 Å². The zero-order chi connectivity index (χ0) is 24.4. The standard InChI is InChI=1S/C27H25N3O4S/c1-19-12-13-23-22(16-19)25(32)28(18-29(23)21-10-6-3-7-11-21)14-15-34-26(20-8-4-2-5-9-20)30-24(31)17-35-27(30)33/h2-13,16,26H,14-15,17-18H2,1H3. The quantitative estimate of drug-likeness (QED) is 0.469. The van der Waals surface area contributed by atoms with Crippen molar-refractivity contribution in [3.05, 3.63) is 95.6 Å². The molecule has 1 unspecified atom stereocenters. The third-order valence-corrected chi connectivity index (χ3v) is 6.92. The van der Waals surface area contributed by atoms with Crippen molar-refractivity contribution < 1.29 is 19.1 Å². The number of imide groups is 1. The first kappa shape index (κ1) is 23.1. The highest BCUT2D eigenvalue weighted by atomic mass is 32.2. The number of ether oxygens (including phenoxy) is 1. The van der Waals surface area contributed by atoms with E-state index in [4.69, 9.17) is 4.74 Å². The number of benzene rings is 3. The fourth-order valence-corrected chi connectivity index (χ4v) is 5.06. The van der Waals surface area contributed by atoms with Crippen molar-refractivity contribution in [3.8, 4) is 0 Å². The largest absolute Gasteiger partial charge is 0.352 e. The lowest BCUT2D eigenvalue weighted by atomic mass is 10.0. The summed E-state index contributed by atoms with van der Waals surface area (Å²) in [5.41, 5.74) is 4.23. The summed E-state index contributed by atoms with van der Waals surface area (Å²) in [7, 11) is 0. The minimum atomic E-state index is -0.828. The van der Waals surface area contributed by atoms with Crippen molar-refractivity contribution in [2.24, 2.45) is 0 Å². The molecule has 1 fully saturated rings. The van der Waals surface area contributed by atoms with Gasteiger partial charge in [0.05, 0.1) is 30.3 Å². The van der Waals surface area contributed by atoms with Crippen molar-refractivity contribution >= 4 is 40.2 Å². The van der Waals surface area contributed by atoms with Crippen LogP contribution in [0.3, 0.4) is 0 Å². The summed E-state index contributed by atoms with van der Waals surface area (Å²) in [4.78, 5) is 43.2. The van der Waals surface area contributed by atoms with E-state index in [0.29, 0.717) is 24.3 Å². The van der Waals surface area contributed by atoms with Crippen LogP contribution in [-0.4, -0.2) is 52.4 Å². The Morgan fingerprint density at radius 3 is 2.34 bits per heavy atom. The third-order valence-electron chi connectivity index (χ3n) is 6.08. The van der Waals surface area contributed by atoms with Gasteiger partial charge in [0, 0.05) is 17.8 Å². The van der Waals surface area contributed by atoms with Crippen LogP contribution in [0.15, 0.2) is 78.9 Å². The number of nitrogens with zero attached hydrogens (tertiary/aromatic N) is 3. The molecule has 0 bridgehead atoms. The second kappa shape index (κ2) is 9.93. The Hall–Kier alpha value is -3.62. The molecule has 7 nitrogen and oxygen atoms in total. The van der Waals surface area contributed by atoms with E-state index in [0.717, 1.165) is 28.7 Å². The van der Waals surface area contributed by atoms with Gasteiger partial charge in [-0.25, -0.2) is 4.90 Å². The van der Waals surface area contributed by atoms with Gasteiger partial charge in [0.15, 0.2) is 6.23 Å². The Balaban J connectivity index is 1.37. The Morgan fingerprint density at radius 2 is 1.66 bits per heavy atom. The van der Waals surface area contributed by atoms with Crippen molar-refractivity contribution in [2.75, 3.05) is 30.5 Å². The van der Waals surface area contributed by atoms with Gasteiger partial charge in [-0.05, 0) is 31.2 Å². The second-order valence-electron chi connectivity index (χ2n) is 8.45. The van der Waals surface area contributed by atoms with Gasteiger partial charge < -0.3 is 14.5 Å². The molecule has 2 aliphatic heterocycles. The highest BCUT2D eigenvalue weighted by Crippen LogP contribution is 2.35. The molecule has 0 radical (unpaired) electrons. The van der Waals surface area contributed by atoms with Crippen LogP contribution in [0.4, 0.5) is 16.2 Å². The minimum absolute atomic E-state index is 0.0698. The Labute approximate surface area is 208 Å². The molecule has 2 heterocycles. The van der Waals surface area contributed by atoms with Crippen molar-refractivity contribution in [3.63, 3.8) is 0 Å². The summed E-state index contributed by atoms with van der Waals surface area (Å²) in [6, 6.07) is 25.0. The number of rotatable bonds is 7. The number of amides is 3. The number of carbonyl (C=O) groups excluding carboxylic acids is 3. The van der Waals surface area contributed by atoms with Crippen molar-refractivity contribution in [2.45, 2.75) is 13.2 Å². The first-order valence-electron chi connectivity index (χ1n) is 11.4. The SMILES string of the molecule is Cc1ccc2c(c1)C(=O)N(CCOC(c1ccccc1)N1C(=O)CSC1=O)CN2c1ccccc1. The molecule has 2 aliphatic rings. The molecule has 0 spiro atoms. The first-order valence-corrected chi connectivity index (χ1v) is 12.4. The van der Waals surface area contributed by atoms with E-state index >= 15 is 0 Å². The average molecular weight is 488 g/mol. The van der Waals surface area contributed by atoms with E-state index in [1.165, 1.54) is 4.90 Å². The van der Waals surface area contributed by atoms with E-state index in [1.54, 1.807) is 4.90 Å². The Kier molecular flexibility index (Phi) is 6.57. The van der Waals surface area contributed by atoms with E-state index in [1.807, 2.05) is 85.8 Å². The Bertz CT molecular complexity index is 1240. The minimum Gasteiger partial charge on any atom is -0.352 e. The fraction of sp³-hybridized carbons (Fsp3) is 0.222. The van der Waals surface area contributed by atoms with Crippen LogP contribution in [0.2, 0.25) is 0 Å². The molecule has 0 N–H and O–H groups in total. The molecule has 3 aromatic rings. The zero-order valence-electron chi connectivity index (χ0n) is 19.3. The zero-order valence-corrected chi connectivity index (χ0v) is 20.1. The lowest BCUT2D eigenvalue weighted by molar-refractivity contribution is -0.136. The van der Waals surface area contributed by atoms with Crippen molar-refractivity contribution in [1.29, 1.82) is 0 Å². The highest BCUT2D eigenvalue weighted by Gasteiger charge is 2.38. The van der Waals surface area contributed by atoms with Gasteiger partial charge >= 0.3 is 0 Å². The number of hydrogen-bond donors (Lipinski definition) is 0. The van der Waals surface area contributed by atoms with Gasteiger partial charge in [-0.1, -0.05) is 71.9 Å². The van der Waals surface area contributed by atoms with Gasteiger partial charge in [0.2, 0.25) is 5.91 Å². The maximum atomic E-state index is 13.4. The molecule has 3 aromatic carbocycles. The predicted octanol–water partition coefficient (Wildman–Crippen LogP) is 4.96. The molecule has 8 heteroatoms. The van der Waals surface area contributed by atoms with Gasteiger partial charge in [-0.2, -0.15) is 0 Å². The topological polar surface area (TPSA) is 70.2 Å². The first-order chi connectivity index (χ1) is 17.0. The summed E-state index contributed by atoms with van der Waals surface area (Å²) in [5.74, 6) is -0.236. The van der Waals surface area contributed by atoms with Crippen LogP contribution in [0.5, 0.6) is 0 Å². The van der Waals surface area contributed by atoms with Gasteiger partial charge in [0.25, 0.3) is 11.1 Å². The number of anilines is 2. The monoisotopic (exact) mass is 487 g/mol. The van der Waals surface area contributed by atoms with E-state index in [2.05, 4.69) is 4.90 Å². The van der Waals surface area contributed by atoms with E-state index in [9.17, 15) is 14.4 Å². The predicted molar refractivity (Wildman–Crippen MR) is 135 cm³/mol. The number of para-hydroxylation sites is 1. The lowest BCUT2D eigenvalue weighted by Crippen LogP contribution is -2.46. The third kappa shape index (κ3) is 4.67. The van der Waals surface area contributed by atoms with Gasteiger partial charge in [-0.3, -0.25) is 14.4 Å². The average Bonchev–Trinajstić information content (AvgIpc) is 3.22. The number of aryl methyl sites for hydroxylation is 1. The summed E-state index contributed by atoms with van der Waals surface area (Å²) in [5, 5.41) is -0.322. The van der Waals surface area contributed by atoms with Gasteiger partial charge in [0.1, 0.15) is 0 Å².